The highest BCUT2D eigenvalue weighted by molar-refractivity contribution is 14.0. The molecule has 0 rings (SSSR count). The molecule has 3 nitrogen and oxygen atoms in total. The monoisotopic (exact) mass is 399 g/mol. The van der Waals surface area contributed by atoms with E-state index in [0.717, 1.165) is 30.4 Å². The van der Waals surface area contributed by atoms with Crippen LogP contribution in [0.15, 0.2) is 17.6 Å². The van der Waals surface area contributed by atoms with Crippen molar-refractivity contribution < 1.29 is 0 Å². The summed E-state index contributed by atoms with van der Waals surface area (Å²) in [5, 5.41) is 3.24. The minimum atomic E-state index is 0. The van der Waals surface area contributed by atoms with E-state index in [4.69, 9.17) is 5.73 Å². The Balaban J connectivity index is 0. The van der Waals surface area contributed by atoms with Crippen LogP contribution in [-0.4, -0.2) is 30.1 Å². The van der Waals surface area contributed by atoms with Crippen molar-refractivity contribution in [1.82, 2.24) is 5.32 Å². The standard InChI is InChI=1S/C14H29N3S.HI/c1-5-10-18-11-9-16-14(15)17-13(4)8-6-7-12(2)3;/h5,12-13H,1,6-11H2,2-4H3,(H3,15,16,17);1H. The molecule has 0 amide bonds. The van der Waals surface area contributed by atoms with E-state index in [-0.39, 0.29) is 24.0 Å². The maximum absolute atomic E-state index is 5.83. The minimum Gasteiger partial charge on any atom is -0.370 e. The topological polar surface area (TPSA) is 50.4 Å². The molecular formula is C14H30IN3S. The molecule has 0 radical (unpaired) electrons. The zero-order valence-corrected chi connectivity index (χ0v) is 15.7. The van der Waals surface area contributed by atoms with Crippen LogP contribution in [0, 0.1) is 5.92 Å². The Morgan fingerprint density at radius 2 is 2.05 bits per heavy atom. The highest BCUT2D eigenvalue weighted by atomic mass is 127. The number of guanidine groups is 1. The third-order valence-electron chi connectivity index (χ3n) is 2.57. The van der Waals surface area contributed by atoms with Crippen LogP contribution in [0.25, 0.3) is 0 Å². The van der Waals surface area contributed by atoms with E-state index >= 15 is 0 Å². The first-order valence-corrected chi connectivity index (χ1v) is 7.96. The van der Waals surface area contributed by atoms with E-state index in [9.17, 15) is 0 Å². The molecule has 1 unspecified atom stereocenters. The minimum absolute atomic E-state index is 0. The summed E-state index contributed by atoms with van der Waals surface area (Å²) >= 11 is 1.82. The molecule has 3 N–H and O–H groups in total. The molecule has 0 aromatic heterocycles. The fourth-order valence-electron chi connectivity index (χ4n) is 1.60. The summed E-state index contributed by atoms with van der Waals surface area (Å²) in [6, 6.07) is 0.410. The van der Waals surface area contributed by atoms with Gasteiger partial charge in [-0.2, -0.15) is 11.8 Å². The Bertz CT molecular complexity index is 245. The van der Waals surface area contributed by atoms with Gasteiger partial charge in [-0.25, -0.2) is 0 Å². The van der Waals surface area contributed by atoms with Crippen LogP contribution < -0.4 is 11.1 Å². The summed E-state index contributed by atoms with van der Waals surface area (Å²) in [6.45, 7) is 11.1. The molecule has 19 heavy (non-hydrogen) atoms. The molecule has 0 heterocycles. The molecule has 0 aliphatic carbocycles. The van der Waals surface area contributed by atoms with E-state index in [1.165, 1.54) is 12.8 Å². The largest absolute Gasteiger partial charge is 0.370 e. The molecule has 0 aliphatic heterocycles. The number of nitrogens with zero attached hydrogens (tertiary/aromatic N) is 1. The van der Waals surface area contributed by atoms with Crippen LogP contribution >= 0.6 is 35.7 Å². The molecule has 0 saturated carbocycles. The number of aliphatic imine (C=N–C) groups is 1. The van der Waals surface area contributed by atoms with Gasteiger partial charge in [0.1, 0.15) is 0 Å². The third kappa shape index (κ3) is 16.0. The Hall–Kier alpha value is 0.0900. The quantitative estimate of drug-likeness (QED) is 0.194. The average Bonchev–Trinajstić information content (AvgIpc) is 2.28. The SMILES string of the molecule is C=CCSCCN=C(N)NC(C)CCCC(C)C.I. The molecule has 0 aromatic rings. The lowest BCUT2D eigenvalue weighted by Gasteiger charge is -2.15. The van der Waals surface area contributed by atoms with Crippen molar-refractivity contribution in [2.24, 2.45) is 16.6 Å². The molecule has 0 aliphatic rings. The molecule has 0 saturated heterocycles. The fraction of sp³-hybridized carbons (Fsp3) is 0.786. The summed E-state index contributed by atoms with van der Waals surface area (Å²) in [7, 11) is 0. The van der Waals surface area contributed by atoms with Gasteiger partial charge >= 0.3 is 0 Å². The van der Waals surface area contributed by atoms with E-state index in [2.05, 4.69) is 37.7 Å². The second-order valence-electron chi connectivity index (χ2n) is 5.00. The molecule has 0 bridgehead atoms. The molecular weight excluding hydrogens is 369 g/mol. The maximum atomic E-state index is 5.83. The average molecular weight is 399 g/mol. The highest BCUT2D eigenvalue weighted by Gasteiger charge is 2.03. The lowest BCUT2D eigenvalue weighted by molar-refractivity contribution is 0.493. The third-order valence-corrected chi connectivity index (χ3v) is 3.51. The van der Waals surface area contributed by atoms with Crippen molar-refractivity contribution in [2.75, 3.05) is 18.1 Å². The Labute approximate surface area is 140 Å². The summed E-state index contributed by atoms with van der Waals surface area (Å²) in [5.41, 5.74) is 5.83. The van der Waals surface area contributed by atoms with Crippen LogP contribution in [0.4, 0.5) is 0 Å². The van der Waals surface area contributed by atoms with Gasteiger partial charge in [0.25, 0.3) is 0 Å². The molecule has 5 heteroatoms. The van der Waals surface area contributed by atoms with Gasteiger partial charge in [-0.1, -0.05) is 32.8 Å². The number of hydrogen-bond donors (Lipinski definition) is 2. The van der Waals surface area contributed by atoms with Crippen molar-refractivity contribution in [1.29, 1.82) is 0 Å². The molecule has 0 fully saturated rings. The van der Waals surface area contributed by atoms with E-state index in [1.807, 2.05) is 17.8 Å². The maximum Gasteiger partial charge on any atom is 0.188 e. The summed E-state index contributed by atoms with van der Waals surface area (Å²) in [4.78, 5) is 4.31. The van der Waals surface area contributed by atoms with Gasteiger partial charge in [0.15, 0.2) is 5.96 Å². The van der Waals surface area contributed by atoms with Gasteiger partial charge < -0.3 is 11.1 Å². The lowest BCUT2D eigenvalue weighted by atomic mass is 10.0. The Morgan fingerprint density at radius 1 is 1.37 bits per heavy atom. The fourth-order valence-corrected chi connectivity index (χ4v) is 2.15. The Morgan fingerprint density at radius 3 is 2.63 bits per heavy atom. The first-order chi connectivity index (χ1) is 8.56. The van der Waals surface area contributed by atoms with Crippen LogP contribution in [0.2, 0.25) is 0 Å². The van der Waals surface area contributed by atoms with Crippen LogP contribution in [0.3, 0.4) is 0 Å². The van der Waals surface area contributed by atoms with E-state index in [1.54, 1.807) is 0 Å². The van der Waals surface area contributed by atoms with Crippen LogP contribution in [0.1, 0.15) is 40.0 Å². The second kappa shape index (κ2) is 14.5. The van der Waals surface area contributed by atoms with Crippen molar-refractivity contribution in [3.05, 3.63) is 12.7 Å². The highest BCUT2D eigenvalue weighted by Crippen LogP contribution is 2.08. The summed E-state index contributed by atoms with van der Waals surface area (Å²) < 4.78 is 0. The number of rotatable bonds is 10. The van der Waals surface area contributed by atoms with Gasteiger partial charge in [0.05, 0.1) is 6.54 Å². The normalized spacial score (nSPS) is 12.9. The predicted octanol–water partition coefficient (Wildman–Crippen LogP) is 3.64. The van der Waals surface area contributed by atoms with Gasteiger partial charge in [-0.15, -0.1) is 30.6 Å². The van der Waals surface area contributed by atoms with Gasteiger partial charge in [0.2, 0.25) is 0 Å². The summed E-state index contributed by atoms with van der Waals surface area (Å²) in [5.74, 6) is 3.33. The van der Waals surface area contributed by atoms with Crippen molar-refractivity contribution >= 4 is 41.7 Å². The number of nitrogens with one attached hydrogen (secondary N) is 1. The van der Waals surface area contributed by atoms with Crippen molar-refractivity contribution in [2.45, 2.75) is 46.1 Å². The Kier molecular flexibility index (Phi) is 16.3. The zero-order valence-electron chi connectivity index (χ0n) is 12.5. The second-order valence-corrected chi connectivity index (χ2v) is 6.15. The number of thioether (sulfide) groups is 1. The smallest absolute Gasteiger partial charge is 0.188 e. The zero-order chi connectivity index (χ0) is 13.8. The lowest BCUT2D eigenvalue weighted by Crippen LogP contribution is -2.38. The number of hydrogen-bond acceptors (Lipinski definition) is 2. The van der Waals surface area contributed by atoms with E-state index < -0.39 is 0 Å². The van der Waals surface area contributed by atoms with Crippen molar-refractivity contribution in [3.8, 4) is 0 Å². The molecule has 1 atom stereocenters. The van der Waals surface area contributed by atoms with Gasteiger partial charge in [-0.3, -0.25) is 4.99 Å². The number of nitrogens with two attached hydrogens (primary N) is 1. The molecule has 114 valence electrons. The van der Waals surface area contributed by atoms with Gasteiger partial charge in [0, 0.05) is 17.5 Å². The van der Waals surface area contributed by atoms with Crippen LogP contribution in [0.5, 0.6) is 0 Å². The van der Waals surface area contributed by atoms with E-state index in [0.29, 0.717) is 12.0 Å². The predicted molar refractivity (Wildman–Crippen MR) is 101 cm³/mol. The first kappa shape index (κ1) is 21.4. The number of halogens is 1. The summed E-state index contributed by atoms with van der Waals surface area (Å²) in [6.07, 6.45) is 5.59. The molecule has 0 spiro atoms. The van der Waals surface area contributed by atoms with Gasteiger partial charge in [-0.05, 0) is 19.3 Å². The first-order valence-electron chi connectivity index (χ1n) is 6.81. The molecule has 0 aromatic carbocycles. The van der Waals surface area contributed by atoms with Crippen LogP contribution in [-0.2, 0) is 0 Å². The van der Waals surface area contributed by atoms with Crippen molar-refractivity contribution in [3.63, 3.8) is 0 Å².